The molecule has 1 radical (unpaired) electrons. The van der Waals surface area contributed by atoms with Gasteiger partial charge in [0.1, 0.15) is 5.75 Å². The van der Waals surface area contributed by atoms with Gasteiger partial charge in [0.2, 0.25) is 5.91 Å². The average Bonchev–Trinajstić information content (AvgIpc) is 2.70. The van der Waals surface area contributed by atoms with Gasteiger partial charge in [0.25, 0.3) is 0 Å². The van der Waals surface area contributed by atoms with Crippen LogP contribution in [-0.2, 0) is 21.9 Å². The van der Waals surface area contributed by atoms with Crippen LogP contribution in [0.2, 0.25) is 0 Å². The number of carbonyl (C=O) groups excluding carboxylic acids is 1. The minimum atomic E-state index is -5.38. The van der Waals surface area contributed by atoms with Gasteiger partial charge in [0.05, 0.1) is 24.3 Å². The average molecular weight is 444 g/mol. The number of alkyl halides is 6. The van der Waals surface area contributed by atoms with E-state index in [1.165, 1.54) is 23.1 Å². The summed E-state index contributed by atoms with van der Waals surface area (Å²) in [4.78, 5) is 13.7. The van der Waals surface area contributed by atoms with Crippen LogP contribution in [0.4, 0.5) is 26.3 Å². The van der Waals surface area contributed by atoms with Crippen LogP contribution in [0.3, 0.4) is 0 Å². The molecule has 0 spiro atoms. The summed E-state index contributed by atoms with van der Waals surface area (Å²) >= 11 is 0. The predicted molar refractivity (Wildman–Crippen MR) is 98.8 cm³/mol. The van der Waals surface area contributed by atoms with Crippen molar-refractivity contribution in [3.63, 3.8) is 0 Å². The Hall–Kier alpha value is -3.01. The zero-order valence-corrected chi connectivity index (χ0v) is 15.8. The molecule has 2 aromatic carbocycles. The number of halogens is 6. The number of ether oxygens (including phenoxy) is 1. The number of benzene rings is 2. The van der Waals surface area contributed by atoms with E-state index in [0.717, 1.165) is 24.3 Å². The van der Waals surface area contributed by atoms with Crippen molar-refractivity contribution in [2.24, 2.45) is 0 Å². The standard InChI is InChI=1S/C21H16F6NO3/c22-20(23,24)17-6-4-15(13-2-1-3-14(29)12-13)16(19(17)21(25,26)27)5-7-18(30)28-8-10-31-11-9-28/h1-5,7,12,29H,8-11H2/b7-5+. The third-order valence-corrected chi connectivity index (χ3v) is 4.61. The second-order valence-electron chi connectivity index (χ2n) is 6.68. The summed E-state index contributed by atoms with van der Waals surface area (Å²) in [7, 11) is 0. The zero-order chi connectivity index (χ0) is 22.8. The van der Waals surface area contributed by atoms with Crippen LogP contribution in [0, 0.1) is 6.07 Å². The third-order valence-electron chi connectivity index (χ3n) is 4.61. The fourth-order valence-corrected chi connectivity index (χ4v) is 3.21. The highest BCUT2D eigenvalue weighted by Gasteiger charge is 2.45. The van der Waals surface area contributed by atoms with E-state index >= 15 is 0 Å². The number of hydrogen-bond acceptors (Lipinski definition) is 3. The molecular weight excluding hydrogens is 428 g/mol. The van der Waals surface area contributed by atoms with Crippen LogP contribution in [0.1, 0.15) is 16.7 Å². The predicted octanol–water partition coefficient (Wildman–Crippen LogP) is 4.77. The number of aromatic hydroxyl groups is 1. The zero-order valence-electron chi connectivity index (χ0n) is 15.8. The second-order valence-corrected chi connectivity index (χ2v) is 6.68. The summed E-state index contributed by atoms with van der Waals surface area (Å²) < 4.78 is 86.5. The summed E-state index contributed by atoms with van der Waals surface area (Å²) in [6.45, 7) is 0.928. The first-order valence-corrected chi connectivity index (χ1v) is 9.05. The molecule has 31 heavy (non-hydrogen) atoms. The van der Waals surface area contributed by atoms with Crippen molar-refractivity contribution in [1.29, 1.82) is 0 Å². The van der Waals surface area contributed by atoms with Crippen LogP contribution < -0.4 is 0 Å². The van der Waals surface area contributed by atoms with Crippen molar-refractivity contribution in [1.82, 2.24) is 4.90 Å². The molecule has 1 aliphatic heterocycles. The number of carbonyl (C=O) groups is 1. The van der Waals surface area contributed by atoms with E-state index in [-0.39, 0.29) is 43.2 Å². The lowest BCUT2D eigenvalue weighted by atomic mass is 9.90. The fourth-order valence-electron chi connectivity index (χ4n) is 3.21. The first-order valence-electron chi connectivity index (χ1n) is 9.05. The summed E-state index contributed by atoms with van der Waals surface area (Å²) in [6, 6.07) is 7.50. The molecule has 1 aliphatic rings. The Morgan fingerprint density at radius 1 is 1.10 bits per heavy atom. The Morgan fingerprint density at radius 3 is 2.35 bits per heavy atom. The van der Waals surface area contributed by atoms with Crippen LogP contribution in [0.15, 0.2) is 36.4 Å². The highest BCUT2D eigenvalue weighted by Crippen LogP contribution is 2.45. The van der Waals surface area contributed by atoms with Crippen molar-refractivity contribution < 1.29 is 41.0 Å². The van der Waals surface area contributed by atoms with E-state index in [1.807, 2.05) is 0 Å². The van der Waals surface area contributed by atoms with Gasteiger partial charge in [-0.1, -0.05) is 12.1 Å². The van der Waals surface area contributed by atoms with Crippen LogP contribution >= 0.6 is 0 Å². The van der Waals surface area contributed by atoms with E-state index in [1.54, 1.807) is 6.07 Å². The first kappa shape index (κ1) is 22.7. The Morgan fingerprint density at radius 2 is 1.77 bits per heavy atom. The van der Waals surface area contributed by atoms with Crippen molar-refractivity contribution in [3.05, 3.63) is 59.2 Å². The summed E-state index contributed by atoms with van der Waals surface area (Å²) in [5, 5.41) is 9.66. The second kappa shape index (κ2) is 8.62. The highest BCUT2D eigenvalue weighted by atomic mass is 19.4. The van der Waals surface area contributed by atoms with Gasteiger partial charge in [-0.15, -0.1) is 0 Å². The molecule has 10 heteroatoms. The van der Waals surface area contributed by atoms with Gasteiger partial charge in [-0.2, -0.15) is 26.3 Å². The molecule has 0 bridgehead atoms. The van der Waals surface area contributed by atoms with Crippen molar-refractivity contribution in [2.75, 3.05) is 26.3 Å². The molecule has 1 amide bonds. The lowest BCUT2D eigenvalue weighted by molar-refractivity contribution is -0.162. The smallest absolute Gasteiger partial charge is 0.417 e. The van der Waals surface area contributed by atoms with Crippen molar-refractivity contribution in [2.45, 2.75) is 12.4 Å². The lowest BCUT2D eigenvalue weighted by Gasteiger charge is -2.25. The van der Waals surface area contributed by atoms with Gasteiger partial charge in [-0.05, 0) is 47.0 Å². The van der Waals surface area contributed by atoms with Crippen LogP contribution in [0.5, 0.6) is 5.75 Å². The maximum absolute atomic E-state index is 13.8. The number of rotatable bonds is 3. The number of morpholine rings is 1. The molecule has 0 aliphatic carbocycles. The quantitative estimate of drug-likeness (QED) is 0.548. The molecule has 0 saturated carbocycles. The maximum Gasteiger partial charge on any atom is 0.417 e. The molecule has 1 N–H and O–H groups in total. The summed E-state index contributed by atoms with van der Waals surface area (Å²) in [5.41, 5.74) is -5.00. The number of nitrogens with zero attached hydrogens (tertiary/aromatic N) is 1. The molecule has 1 fully saturated rings. The third kappa shape index (κ3) is 5.19. The number of hydrogen-bond donors (Lipinski definition) is 1. The van der Waals surface area contributed by atoms with Crippen LogP contribution in [-0.4, -0.2) is 42.2 Å². The minimum Gasteiger partial charge on any atom is -0.508 e. The fraction of sp³-hybridized carbons (Fsp3) is 0.286. The molecule has 4 nitrogen and oxygen atoms in total. The van der Waals surface area contributed by atoms with Crippen LogP contribution in [0.25, 0.3) is 17.2 Å². The van der Waals surface area contributed by atoms with Gasteiger partial charge < -0.3 is 14.7 Å². The van der Waals surface area contributed by atoms with Gasteiger partial charge in [-0.3, -0.25) is 4.79 Å². The lowest BCUT2D eigenvalue weighted by Crippen LogP contribution is -2.39. The molecule has 0 aromatic heterocycles. The van der Waals surface area contributed by atoms with E-state index in [0.29, 0.717) is 0 Å². The molecule has 0 unspecified atom stereocenters. The number of amides is 1. The largest absolute Gasteiger partial charge is 0.508 e. The Balaban J connectivity index is 2.20. The molecule has 165 valence electrons. The van der Waals surface area contributed by atoms with Gasteiger partial charge in [0, 0.05) is 19.2 Å². The molecule has 1 heterocycles. The van der Waals surface area contributed by atoms with Gasteiger partial charge in [0.15, 0.2) is 0 Å². The topological polar surface area (TPSA) is 49.8 Å². The van der Waals surface area contributed by atoms with E-state index in [9.17, 15) is 36.2 Å². The van der Waals surface area contributed by atoms with E-state index in [2.05, 4.69) is 0 Å². The van der Waals surface area contributed by atoms with Crippen molar-refractivity contribution >= 4 is 12.0 Å². The van der Waals surface area contributed by atoms with Gasteiger partial charge >= 0.3 is 12.4 Å². The Labute approximate surface area is 173 Å². The normalized spacial score (nSPS) is 15.5. The number of phenolic OH excluding ortho intramolecular Hbond substituents is 1. The van der Waals surface area contributed by atoms with E-state index < -0.39 is 35.0 Å². The Bertz CT molecular complexity index is 992. The molecule has 3 rings (SSSR count). The van der Waals surface area contributed by atoms with Gasteiger partial charge in [-0.25, -0.2) is 0 Å². The minimum absolute atomic E-state index is 0.0361. The highest BCUT2D eigenvalue weighted by molar-refractivity contribution is 5.94. The molecular formula is C21H16F6NO3. The van der Waals surface area contributed by atoms with E-state index in [4.69, 9.17) is 4.74 Å². The molecule has 0 atom stereocenters. The summed E-state index contributed by atoms with van der Waals surface area (Å²) in [5.74, 6) is -0.940. The SMILES string of the molecule is O=C(/C=C/c1c(-c2cccc(O)c2)c[c]c(C(F)(F)F)c1C(F)(F)F)N1CCOCC1. The number of phenols is 1. The molecule has 1 saturated heterocycles. The van der Waals surface area contributed by atoms with Crippen molar-refractivity contribution in [3.8, 4) is 16.9 Å². The first-order chi connectivity index (χ1) is 14.5. The molecule has 2 aromatic rings. The maximum atomic E-state index is 13.8. The summed E-state index contributed by atoms with van der Waals surface area (Å²) in [6.07, 6.45) is -9.17. The Kier molecular flexibility index (Phi) is 6.30. The monoisotopic (exact) mass is 444 g/mol.